The maximum Gasteiger partial charge on any atom is 0.269 e. The van der Waals surface area contributed by atoms with Crippen LogP contribution in [0.5, 0.6) is 0 Å². The normalized spacial score (nSPS) is 22.4. The zero-order chi connectivity index (χ0) is 19.0. The van der Waals surface area contributed by atoms with Crippen LogP contribution < -0.4 is 5.32 Å². The van der Waals surface area contributed by atoms with Crippen molar-refractivity contribution >= 4 is 16.2 Å². The number of nitrogens with one attached hydrogen (secondary N) is 1. The van der Waals surface area contributed by atoms with Gasteiger partial charge in [-0.25, -0.2) is 9.38 Å². The van der Waals surface area contributed by atoms with Crippen molar-refractivity contribution in [2.24, 2.45) is 4.99 Å². The Bertz CT molecular complexity index is 919. The van der Waals surface area contributed by atoms with Crippen LogP contribution in [-0.4, -0.2) is 20.8 Å². The third kappa shape index (κ3) is 3.38. The molecule has 2 aromatic rings. The SMILES string of the molecule is Cc1ccc(C2C(c3ccc(F)cc3)NC=C3C([S+](C)[O-])=NC=CN32)cc1. The fraction of sp³-hybridized carbons (Fsp3) is 0.190. The lowest BCUT2D eigenvalue weighted by Gasteiger charge is -2.42. The van der Waals surface area contributed by atoms with Gasteiger partial charge in [0.05, 0.1) is 12.1 Å². The van der Waals surface area contributed by atoms with Gasteiger partial charge in [0.25, 0.3) is 5.04 Å². The fourth-order valence-corrected chi connectivity index (χ4v) is 4.18. The average Bonchev–Trinajstić information content (AvgIpc) is 2.68. The average molecular weight is 381 g/mol. The summed E-state index contributed by atoms with van der Waals surface area (Å²) < 4.78 is 25.6. The predicted molar refractivity (Wildman–Crippen MR) is 107 cm³/mol. The Morgan fingerprint density at radius 1 is 1.07 bits per heavy atom. The molecule has 0 fully saturated rings. The van der Waals surface area contributed by atoms with E-state index in [1.165, 1.54) is 17.7 Å². The van der Waals surface area contributed by atoms with Gasteiger partial charge in [0.2, 0.25) is 0 Å². The van der Waals surface area contributed by atoms with E-state index in [1.807, 2.05) is 12.4 Å². The molecule has 0 aliphatic carbocycles. The second kappa shape index (κ2) is 7.21. The first kappa shape index (κ1) is 17.8. The van der Waals surface area contributed by atoms with Crippen LogP contribution in [0.4, 0.5) is 4.39 Å². The molecule has 3 atom stereocenters. The van der Waals surface area contributed by atoms with E-state index in [4.69, 9.17) is 0 Å². The highest BCUT2D eigenvalue weighted by Crippen LogP contribution is 2.41. The van der Waals surface area contributed by atoms with E-state index in [9.17, 15) is 8.94 Å². The molecule has 0 amide bonds. The summed E-state index contributed by atoms with van der Waals surface area (Å²) in [7, 11) is 0. The summed E-state index contributed by atoms with van der Waals surface area (Å²) in [5, 5.41) is 3.97. The Morgan fingerprint density at radius 2 is 1.74 bits per heavy atom. The minimum atomic E-state index is -1.20. The molecule has 3 unspecified atom stereocenters. The van der Waals surface area contributed by atoms with Crippen LogP contribution in [0.25, 0.3) is 0 Å². The number of rotatable bonds is 2. The highest BCUT2D eigenvalue weighted by atomic mass is 32.2. The van der Waals surface area contributed by atoms with Gasteiger partial charge in [-0.1, -0.05) is 42.0 Å². The van der Waals surface area contributed by atoms with Crippen molar-refractivity contribution in [2.45, 2.75) is 19.0 Å². The number of benzene rings is 2. The third-order valence-electron chi connectivity index (χ3n) is 4.85. The van der Waals surface area contributed by atoms with Gasteiger partial charge in [0, 0.05) is 29.8 Å². The molecule has 27 heavy (non-hydrogen) atoms. The molecule has 0 saturated carbocycles. The molecule has 2 aliphatic rings. The first-order valence-corrected chi connectivity index (χ1v) is 10.3. The minimum absolute atomic E-state index is 0.0821. The molecule has 0 radical (unpaired) electrons. The molecule has 0 aromatic heterocycles. The first-order valence-electron chi connectivity index (χ1n) is 8.69. The largest absolute Gasteiger partial charge is 0.610 e. The van der Waals surface area contributed by atoms with Gasteiger partial charge >= 0.3 is 0 Å². The van der Waals surface area contributed by atoms with Crippen molar-refractivity contribution in [1.82, 2.24) is 10.2 Å². The molecule has 2 aromatic carbocycles. The van der Waals surface area contributed by atoms with Crippen LogP contribution in [0, 0.1) is 12.7 Å². The summed E-state index contributed by atoms with van der Waals surface area (Å²) in [6.07, 6.45) is 7.07. The van der Waals surface area contributed by atoms with Crippen LogP contribution in [-0.2, 0) is 11.2 Å². The summed E-state index contributed by atoms with van der Waals surface area (Å²) >= 11 is -1.20. The smallest absolute Gasteiger partial charge is 0.269 e. The number of aliphatic imine (C=N–C) groups is 1. The highest BCUT2D eigenvalue weighted by molar-refractivity contribution is 8.06. The number of nitrogens with zero attached hydrogens (tertiary/aromatic N) is 2. The van der Waals surface area contributed by atoms with E-state index in [-0.39, 0.29) is 17.9 Å². The van der Waals surface area contributed by atoms with E-state index >= 15 is 0 Å². The van der Waals surface area contributed by atoms with E-state index in [1.54, 1.807) is 24.6 Å². The molecule has 0 saturated heterocycles. The molecule has 2 heterocycles. The van der Waals surface area contributed by atoms with Gasteiger partial charge in [-0.05, 0) is 30.2 Å². The van der Waals surface area contributed by atoms with E-state index in [0.29, 0.717) is 5.04 Å². The maximum atomic E-state index is 13.4. The van der Waals surface area contributed by atoms with Crippen LogP contribution in [0.15, 0.2) is 77.8 Å². The molecule has 6 heteroatoms. The molecule has 0 bridgehead atoms. The summed E-state index contributed by atoms with van der Waals surface area (Å²) in [6.45, 7) is 2.05. The molecule has 4 nitrogen and oxygen atoms in total. The number of hydrogen-bond acceptors (Lipinski definition) is 4. The lowest BCUT2D eigenvalue weighted by atomic mass is 9.90. The van der Waals surface area contributed by atoms with Gasteiger partial charge in [-0.2, -0.15) is 0 Å². The lowest BCUT2D eigenvalue weighted by Crippen LogP contribution is -2.43. The quantitative estimate of drug-likeness (QED) is 0.802. The Balaban J connectivity index is 1.81. The van der Waals surface area contributed by atoms with Crippen LogP contribution in [0.2, 0.25) is 0 Å². The minimum Gasteiger partial charge on any atom is -0.610 e. The van der Waals surface area contributed by atoms with Gasteiger partial charge < -0.3 is 14.8 Å². The first-order chi connectivity index (χ1) is 13.0. The Hall–Kier alpha value is -2.57. The number of fused-ring (bicyclic) bond motifs is 1. The highest BCUT2D eigenvalue weighted by Gasteiger charge is 2.38. The van der Waals surface area contributed by atoms with Gasteiger partial charge in [-0.3, -0.25) is 0 Å². The number of hydrogen-bond donors (Lipinski definition) is 1. The second-order valence-electron chi connectivity index (χ2n) is 6.67. The zero-order valence-electron chi connectivity index (χ0n) is 15.1. The lowest BCUT2D eigenvalue weighted by molar-refractivity contribution is 0.264. The van der Waals surface area contributed by atoms with Crippen molar-refractivity contribution in [3.05, 3.63) is 95.3 Å². The van der Waals surface area contributed by atoms with Crippen molar-refractivity contribution in [1.29, 1.82) is 0 Å². The number of aryl methyl sites for hydroxylation is 1. The van der Waals surface area contributed by atoms with Crippen molar-refractivity contribution in [3.8, 4) is 0 Å². The van der Waals surface area contributed by atoms with Gasteiger partial charge in [-0.15, -0.1) is 0 Å². The van der Waals surface area contributed by atoms with Crippen LogP contribution >= 0.6 is 0 Å². The molecule has 0 spiro atoms. The van der Waals surface area contributed by atoms with Crippen molar-refractivity contribution in [2.75, 3.05) is 6.26 Å². The Morgan fingerprint density at radius 3 is 2.41 bits per heavy atom. The zero-order valence-corrected chi connectivity index (χ0v) is 15.9. The number of halogens is 1. The third-order valence-corrected chi connectivity index (χ3v) is 5.71. The van der Waals surface area contributed by atoms with E-state index in [0.717, 1.165) is 16.8 Å². The summed E-state index contributed by atoms with van der Waals surface area (Å²) in [4.78, 5) is 6.40. The Labute approximate surface area is 161 Å². The van der Waals surface area contributed by atoms with Gasteiger partial charge in [0.15, 0.2) is 0 Å². The van der Waals surface area contributed by atoms with E-state index in [2.05, 4.69) is 46.4 Å². The second-order valence-corrected chi connectivity index (χ2v) is 7.97. The Kier molecular flexibility index (Phi) is 4.76. The monoisotopic (exact) mass is 381 g/mol. The molecular weight excluding hydrogens is 361 g/mol. The van der Waals surface area contributed by atoms with E-state index < -0.39 is 11.2 Å². The summed E-state index contributed by atoms with van der Waals surface area (Å²) in [5.74, 6) is -0.258. The fourth-order valence-electron chi connectivity index (χ4n) is 3.52. The van der Waals surface area contributed by atoms with Crippen molar-refractivity contribution in [3.63, 3.8) is 0 Å². The standard InChI is InChI=1S/C21H20FN3OS/c1-14-3-5-16(6-4-14)20-19(15-7-9-17(22)10-8-15)24-13-18-21(27(2)26)23-11-12-25(18)20/h3-13,19-20,24H,1-2H3. The predicted octanol–water partition coefficient (Wildman–Crippen LogP) is 3.92. The molecule has 138 valence electrons. The molecular formula is C21H20FN3OS. The maximum absolute atomic E-state index is 13.4. The summed E-state index contributed by atoms with van der Waals surface area (Å²) in [6, 6.07) is 14.7. The van der Waals surface area contributed by atoms with Gasteiger partial charge in [0.1, 0.15) is 17.8 Å². The van der Waals surface area contributed by atoms with Crippen LogP contribution in [0.3, 0.4) is 0 Å². The topological polar surface area (TPSA) is 50.7 Å². The summed E-state index contributed by atoms with van der Waals surface area (Å²) in [5.41, 5.74) is 4.07. The molecule has 4 rings (SSSR count). The molecule has 2 aliphatic heterocycles. The van der Waals surface area contributed by atoms with Crippen molar-refractivity contribution < 1.29 is 8.94 Å². The molecule has 1 N–H and O–H groups in total. The van der Waals surface area contributed by atoms with Crippen LogP contribution in [0.1, 0.15) is 28.8 Å².